The predicted octanol–water partition coefficient (Wildman–Crippen LogP) is 2.41. The van der Waals surface area contributed by atoms with Crippen molar-refractivity contribution >= 4 is 21.8 Å². The first-order valence-corrected chi connectivity index (χ1v) is 11.9. The van der Waals surface area contributed by atoms with Crippen LogP contribution in [0.2, 0.25) is 0 Å². The van der Waals surface area contributed by atoms with Crippen LogP contribution in [0.5, 0.6) is 5.75 Å². The Morgan fingerprint density at radius 2 is 1.58 bits per heavy atom. The van der Waals surface area contributed by atoms with Crippen LogP contribution in [0.25, 0.3) is 0 Å². The van der Waals surface area contributed by atoms with E-state index in [2.05, 4.69) is 4.72 Å². The third-order valence-electron chi connectivity index (χ3n) is 5.05. The molecule has 0 bridgehead atoms. The molecule has 0 fully saturated rings. The summed E-state index contributed by atoms with van der Waals surface area (Å²) < 4.78 is 32.3. The summed E-state index contributed by atoms with van der Waals surface area (Å²) in [6.07, 6.45) is 0.371. The zero-order valence-electron chi connectivity index (χ0n) is 18.2. The second kappa shape index (κ2) is 11.5. The molecule has 0 heterocycles. The Kier molecular flexibility index (Phi) is 9.05. The van der Waals surface area contributed by atoms with Crippen LogP contribution in [-0.4, -0.2) is 51.1 Å². The number of carbonyl (C=O) groups excluding carboxylic acids is 2. The van der Waals surface area contributed by atoms with Gasteiger partial charge in [-0.2, -0.15) is 0 Å². The van der Waals surface area contributed by atoms with Gasteiger partial charge in [0.2, 0.25) is 21.8 Å². The largest absolute Gasteiger partial charge is 0.497 e. The second-order valence-electron chi connectivity index (χ2n) is 7.14. The average Bonchev–Trinajstić information content (AvgIpc) is 2.77. The van der Waals surface area contributed by atoms with E-state index in [4.69, 9.17) is 4.74 Å². The summed E-state index contributed by atoms with van der Waals surface area (Å²) in [6.45, 7) is 4.51. The predicted molar refractivity (Wildman–Crippen MR) is 120 cm³/mol. The Morgan fingerprint density at radius 3 is 2.13 bits per heavy atom. The summed E-state index contributed by atoms with van der Waals surface area (Å²) in [5.74, 6) is -1.92. The molecule has 8 heteroatoms. The maximum absolute atomic E-state index is 13.0. The summed E-state index contributed by atoms with van der Waals surface area (Å²) >= 11 is 0. The molecule has 168 valence electrons. The Labute approximate surface area is 184 Å². The van der Waals surface area contributed by atoms with Crippen molar-refractivity contribution in [3.05, 3.63) is 65.7 Å². The van der Waals surface area contributed by atoms with E-state index in [1.807, 2.05) is 44.2 Å². The van der Waals surface area contributed by atoms with Crippen LogP contribution in [0, 0.1) is 5.92 Å². The monoisotopic (exact) mass is 446 g/mol. The maximum atomic E-state index is 13.0. The minimum absolute atomic E-state index is 0.0966. The van der Waals surface area contributed by atoms with Gasteiger partial charge < -0.3 is 9.64 Å². The minimum atomic E-state index is -3.89. The summed E-state index contributed by atoms with van der Waals surface area (Å²) in [7, 11) is -2.34. The minimum Gasteiger partial charge on any atom is -0.497 e. The molecule has 1 atom stereocenters. The molecule has 2 aromatic rings. The fourth-order valence-corrected chi connectivity index (χ4v) is 4.27. The number of hydrogen-bond acceptors (Lipinski definition) is 5. The zero-order valence-corrected chi connectivity index (χ0v) is 19.0. The number of rotatable bonds is 11. The third-order valence-corrected chi connectivity index (χ3v) is 6.30. The maximum Gasteiger partial charge on any atom is 0.246 e. The van der Waals surface area contributed by atoms with Gasteiger partial charge in [-0.3, -0.25) is 14.3 Å². The molecule has 0 aliphatic rings. The number of carbonyl (C=O) groups is 2. The van der Waals surface area contributed by atoms with E-state index in [0.717, 1.165) is 11.1 Å². The van der Waals surface area contributed by atoms with Crippen LogP contribution in [0.15, 0.2) is 54.6 Å². The van der Waals surface area contributed by atoms with Gasteiger partial charge in [0.05, 0.1) is 12.9 Å². The van der Waals surface area contributed by atoms with Gasteiger partial charge in [0.25, 0.3) is 0 Å². The molecule has 1 N–H and O–H groups in total. The molecule has 2 amide bonds. The molecular formula is C23H30N2O5S. The van der Waals surface area contributed by atoms with Gasteiger partial charge in [0, 0.05) is 13.1 Å². The van der Waals surface area contributed by atoms with Crippen LogP contribution in [0.1, 0.15) is 25.0 Å². The van der Waals surface area contributed by atoms with E-state index in [1.165, 1.54) is 4.90 Å². The highest BCUT2D eigenvalue weighted by atomic mass is 32.2. The molecule has 0 saturated carbocycles. The molecule has 2 rings (SSSR count). The fourth-order valence-electron chi connectivity index (χ4n) is 3.22. The number of ether oxygens (including phenoxy) is 1. The first kappa shape index (κ1) is 24.4. The Balaban J connectivity index is 2.16. The van der Waals surface area contributed by atoms with Gasteiger partial charge in [-0.15, -0.1) is 0 Å². The second-order valence-corrected chi connectivity index (χ2v) is 8.98. The average molecular weight is 447 g/mol. The molecular weight excluding hydrogens is 416 g/mol. The van der Waals surface area contributed by atoms with Gasteiger partial charge >= 0.3 is 0 Å². The lowest BCUT2D eigenvalue weighted by Crippen LogP contribution is -2.46. The van der Waals surface area contributed by atoms with Crippen molar-refractivity contribution in [1.82, 2.24) is 9.62 Å². The van der Waals surface area contributed by atoms with Crippen molar-refractivity contribution in [2.45, 2.75) is 26.7 Å². The van der Waals surface area contributed by atoms with Crippen molar-refractivity contribution in [3.8, 4) is 5.75 Å². The number of methoxy groups -OCH3 is 1. The standard InChI is InChI=1S/C23H30N2O5S/c1-4-25(5-2)23(27)21(17-19-11-13-20(30-3)14-12-19)22(26)24-31(28,29)16-15-18-9-7-6-8-10-18/h6-14,21H,4-5,15-17H2,1-3H3,(H,24,26). The quantitative estimate of drug-likeness (QED) is 0.535. The van der Waals surface area contributed by atoms with Crippen molar-refractivity contribution in [3.63, 3.8) is 0 Å². The van der Waals surface area contributed by atoms with Crippen LogP contribution in [0.3, 0.4) is 0 Å². The normalized spacial score (nSPS) is 12.1. The summed E-state index contributed by atoms with van der Waals surface area (Å²) in [5.41, 5.74) is 1.59. The summed E-state index contributed by atoms with van der Waals surface area (Å²) in [4.78, 5) is 27.4. The van der Waals surface area contributed by atoms with Crippen LogP contribution in [-0.2, 0) is 32.5 Å². The highest BCUT2D eigenvalue weighted by molar-refractivity contribution is 7.90. The molecule has 0 aromatic heterocycles. The fraction of sp³-hybridized carbons (Fsp3) is 0.391. The number of nitrogens with one attached hydrogen (secondary N) is 1. The molecule has 7 nitrogen and oxygen atoms in total. The lowest BCUT2D eigenvalue weighted by molar-refractivity contribution is -0.141. The third kappa shape index (κ3) is 7.40. The Hall–Kier alpha value is -2.87. The van der Waals surface area contributed by atoms with E-state index in [-0.39, 0.29) is 18.6 Å². The van der Waals surface area contributed by atoms with Crippen molar-refractivity contribution in [2.75, 3.05) is 26.0 Å². The molecule has 0 aliphatic carbocycles. The molecule has 0 spiro atoms. The van der Waals surface area contributed by atoms with Crippen molar-refractivity contribution in [2.24, 2.45) is 5.92 Å². The van der Waals surface area contributed by atoms with Gasteiger partial charge in [0.15, 0.2) is 0 Å². The summed E-state index contributed by atoms with van der Waals surface area (Å²) in [5, 5.41) is 0. The van der Waals surface area contributed by atoms with Gasteiger partial charge in [-0.05, 0) is 49.9 Å². The van der Waals surface area contributed by atoms with Crippen LogP contribution in [0.4, 0.5) is 0 Å². The summed E-state index contributed by atoms with van der Waals surface area (Å²) in [6, 6.07) is 16.2. The molecule has 2 aromatic carbocycles. The Morgan fingerprint density at radius 1 is 0.968 bits per heavy atom. The molecule has 31 heavy (non-hydrogen) atoms. The van der Waals surface area contributed by atoms with E-state index in [1.54, 1.807) is 31.4 Å². The van der Waals surface area contributed by atoms with Gasteiger partial charge in [0.1, 0.15) is 11.7 Å². The number of amides is 2. The zero-order chi connectivity index (χ0) is 22.9. The van der Waals surface area contributed by atoms with Gasteiger partial charge in [-0.25, -0.2) is 8.42 Å². The van der Waals surface area contributed by atoms with E-state index >= 15 is 0 Å². The van der Waals surface area contributed by atoms with E-state index < -0.39 is 27.8 Å². The lowest BCUT2D eigenvalue weighted by Gasteiger charge is -2.24. The van der Waals surface area contributed by atoms with Crippen LogP contribution >= 0.6 is 0 Å². The van der Waals surface area contributed by atoms with Crippen LogP contribution < -0.4 is 9.46 Å². The number of sulfonamides is 1. The van der Waals surface area contributed by atoms with E-state index in [0.29, 0.717) is 18.8 Å². The van der Waals surface area contributed by atoms with Crippen molar-refractivity contribution < 1.29 is 22.7 Å². The number of benzene rings is 2. The van der Waals surface area contributed by atoms with Crippen molar-refractivity contribution in [1.29, 1.82) is 0 Å². The molecule has 0 radical (unpaired) electrons. The number of aryl methyl sites for hydroxylation is 1. The topological polar surface area (TPSA) is 92.8 Å². The van der Waals surface area contributed by atoms with E-state index in [9.17, 15) is 18.0 Å². The first-order chi connectivity index (χ1) is 14.8. The smallest absolute Gasteiger partial charge is 0.246 e. The Bertz CT molecular complexity index is 955. The highest BCUT2D eigenvalue weighted by Crippen LogP contribution is 2.17. The first-order valence-electron chi connectivity index (χ1n) is 10.3. The number of hydrogen-bond donors (Lipinski definition) is 1. The highest BCUT2D eigenvalue weighted by Gasteiger charge is 2.32. The lowest BCUT2D eigenvalue weighted by atomic mass is 9.97. The number of nitrogens with zero attached hydrogens (tertiary/aromatic N) is 1. The molecule has 1 unspecified atom stereocenters. The van der Waals surface area contributed by atoms with Gasteiger partial charge in [-0.1, -0.05) is 42.5 Å². The molecule has 0 aliphatic heterocycles. The molecule has 0 saturated heterocycles. The SMILES string of the molecule is CCN(CC)C(=O)C(Cc1ccc(OC)cc1)C(=O)NS(=O)(=O)CCc1ccccc1.